The third-order valence-electron chi connectivity index (χ3n) is 4.30. The smallest absolute Gasteiger partial charge is 0.0438 e. The Morgan fingerprint density at radius 2 is 1.76 bits per heavy atom. The molecule has 1 aromatic rings. The van der Waals surface area contributed by atoms with Gasteiger partial charge in [-0.15, -0.1) is 0 Å². The van der Waals surface area contributed by atoms with Crippen LogP contribution in [-0.4, -0.2) is 0 Å². The van der Waals surface area contributed by atoms with Gasteiger partial charge in [0.1, 0.15) is 0 Å². The largest absolute Gasteiger partial charge is 0.0840 e. The van der Waals surface area contributed by atoms with Gasteiger partial charge in [0.25, 0.3) is 0 Å². The molecular formula is C16H23Cl. The van der Waals surface area contributed by atoms with Crippen molar-refractivity contribution in [2.45, 2.75) is 46.0 Å². The van der Waals surface area contributed by atoms with E-state index >= 15 is 0 Å². The maximum atomic E-state index is 6.22. The molecule has 1 aliphatic carbocycles. The molecule has 17 heavy (non-hydrogen) atoms. The lowest BCUT2D eigenvalue weighted by molar-refractivity contribution is 0.223. The van der Waals surface area contributed by atoms with E-state index in [1.54, 1.807) is 0 Å². The van der Waals surface area contributed by atoms with Crippen molar-refractivity contribution in [2.75, 3.05) is 0 Å². The van der Waals surface area contributed by atoms with E-state index in [1.807, 2.05) is 12.1 Å². The molecule has 0 radical (unpaired) electrons. The van der Waals surface area contributed by atoms with Gasteiger partial charge in [-0.3, -0.25) is 0 Å². The average molecular weight is 251 g/mol. The number of hydrogen-bond donors (Lipinski definition) is 0. The molecule has 0 N–H and O–H groups in total. The predicted octanol–water partition coefficient (Wildman–Crippen LogP) is 5.34. The van der Waals surface area contributed by atoms with E-state index < -0.39 is 0 Å². The van der Waals surface area contributed by atoms with E-state index in [4.69, 9.17) is 11.6 Å². The van der Waals surface area contributed by atoms with Crippen molar-refractivity contribution in [1.82, 2.24) is 0 Å². The minimum Gasteiger partial charge on any atom is -0.0840 e. The van der Waals surface area contributed by atoms with Crippen LogP contribution in [0.3, 0.4) is 0 Å². The van der Waals surface area contributed by atoms with Crippen LogP contribution in [0.25, 0.3) is 0 Å². The van der Waals surface area contributed by atoms with Gasteiger partial charge in [0.05, 0.1) is 0 Å². The Balaban J connectivity index is 1.88. The minimum absolute atomic E-state index is 0.852. The lowest BCUT2D eigenvalue weighted by atomic mass is 9.75. The number of rotatable bonds is 3. The minimum atomic E-state index is 0.852. The lowest BCUT2D eigenvalue weighted by Crippen LogP contribution is -2.19. The first-order chi connectivity index (χ1) is 8.16. The zero-order valence-corrected chi connectivity index (χ0v) is 11.7. The summed E-state index contributed by atoms with van der Waals surface area (Å²) in [6, 6.07) is 8.30. The molecule has 0 bridgehead atoms. The maximum absolute atomic E-state index is 6.22. The monoisotopic (exact) mass is 250 g/mol. The van der Waals surface area contributed by atoms with Crippen LogP contribution in [0, 0.1) is 17.8 Å². The van der Waals surface area contributed by atoms with Crippen LogP contribution in [-0.2, 0) is 6.42 Å². The molecule has 0 unspecified atom stereocenters. The maximum Gasteiger partial charge on any atom is 0.0438 e. The summed E-state index contributed by atoms with van der Waals surface area (Å²) in [4.78, 5) is 0. The van der Waals surface area contributed by atoms with Crippen LogP contribution < -0.4 is 0 Å². The third kappa shape index (κ3) is 3.48. The summed E-state index contributed by atoms with van der Waals surface area (Å²) in [6.07, 6.45) is 6.76. The molecule has 1 saturated carbocycles. The van der Waals surface area contributed by atoms with Gasteiger partial charge < -0.3 is 0 Å². The van der Waals surface area contributed by atoms with Gasteiger partial charge >= 0.3 is 0 Å². The molecule has 1 fully saturated rings. The van der Waals surface area contributed by atoms with Crippen LogP contribution in [0.5, 0.6) is 0 Å². The first kappa shape index (κ1) is 13.0. The van der Waals surface area contributed by atoms with E-state index in [0.29, 0.717) is 0 Å². The molecule has 0 atom stereocenters. The van der Waals surface area contributed by atoms with E-state index in [0.717, 1.165) is 22.8 Å². The van der Waals surface area contributed by atoms with Crippen LogP contribution in [0.4, 0.5) is 0 Å². The Morgan fingerprint density at radius 1 is 1.12 bits per heavy atom. The van der Waals surface area contributed by atoms with E-state index in [9.17, 15) is 0 Å². The molecule has 0 saturated heterocycles. The molecule has 0 amide bonds. The van der Waals surface area contributed by atoms with Crippen LogP contribution in [0.1, 0.15) is 45.1 Å². The summed E-state index contributed by atoms with van der Waals surface area (Å²) in [5, 5.41) is 0.943. The summed E-state index contributed by atoms with van der Waals surface area (Å²) in [7, 11) is 0. The van der Waals surface area contributed by atoms with Gasteiger partial charge in [0, 0.05) is 5.02 Å². The molecular weight excluding hydrogens is 228 g/mol. The molecule has 0 nitrogen and oxygen atoms in total. The van der Waals surface area contributed by atoms with Crippen molar-refractivity contribution in [1.29, 1.82) is 0 Å². The van der Waals surface area contributed by atoms with Gasteiger partial charge in [-0.2, -0.15) is 0 Å². The van der Waals surface area contributed by atoms with Crippen molar-refractivity contribution in [3.8, 4) is 0 Å². The summed E-state index contributed by atoms with van der Waals surface area (Å²) in [5.74, 6) is 2.67. The highest BCUT2D eigenvalue weighted by molar-refractivity contribution is 6.31. The van der Waals surface area contributed by atoms with Crippen molar-refractivity contribution in [3.05, 3.63) is 34.9 Å². The first-order valence-corrected chi connectivity index (χ1v) is 7.28. The Bertz CT molecular complexity index is 348. The van der Waals surface area contributed by atoms with Gasteiger partial charge in [0.15, 0.2) is 0 Å². The van der Waals surface area contributed by atoms with E-state index in [1.165, 1.54) is 37.7 Å². The lowest BCUT2D eigenvalue weighted by Gasteiger charge is -2.31. The number of halogens is 1. The molecule has 94 valence electrons. The van der Waals surface area contributed by atoms with Gasteiger partial charge in [-0.1, -0.05) is 43.6 Å². The molecule has 2 rings (SSSR count). The van der Waals surface area contributed by atoms with E-state index in [-0.39, 0.29) is 0 Å². The standard InChI is InChI=1S/C16H23Cl/c1-12(2)14-9-7-13(8-10-14)11-15-5-3-4-6-16(15)17/h3-6,12-14H,7-11H2,1-2H3. The zero-order chi connectivity index (χ0) is 12.3. The van der Waals surface area contributed by atoms with Crippen LogP contribution >= 0.6 is 11.6 Å². The average Bonchev–Trinajstić information content (AvgIpc) is 2.33. The molecule has 1 aliphatic rings. The number of benzene rings is 1. The molecule has 0 heterocycles. The summed E-state index contributed by atoms with van der Waals surface area (Å²) >= 11 is 6.22. The Kier molecular flexibility index (Phi) is 4.50. The Morgan fingerprint density at radius 3 is 2.35 bits per heavy atom. The third-order valence-corrected chi connectivity index (χ3v) is 4.67. The van der Waals surface area contributed by atoms with Crippen molar-refractivity contribution < 1.29 is 0 Å². The molecule has 1 heteroatoms. The summed E-state index contributed by atoms with van der Waals surface area (Å²) < 4.78 is 0. The molecule has 0 spiro atoms. The zero-order valence-electron chi connectivity index (χ0n) is 11.0. The van der Waals surface area contributed by atoms with E-state index in [2.05, 4.69) is 26.0 Å². The van der Waals surface area contributed by atoms with Crippen molar-refractivity contribution >= 4 is 11.6 Å². The number of hydrogen-bond acceptors (Lipinski definition) is 0. The molecule has 0 aromatic heterocycles. The second-order valence-electron chi connectivity index (χ2n) is 5.82. The van der Waals surface area contributed by atoms with Gasteiger partial charge in [0.2, 0.25) is 0 Å². The second kappa shape index (κ2) is 5.91. The molecule has 0 aliphatic heterocycles. The quantitative estimate of drug-likeness (QED) is 0.679. The van der Waals surface area contributed by atoms with Crippen LogP contribution in [0.2, 0.25) is 5.02 Å². The fourth-order valence-electron chi connectivity index (χ4n) is 3.03. The first-order valence-electron chi connectivity index (χ1n) is 6.90. The van der Waals surface area contributed by atoms with Gasteiger partial charge in [-0.05, 0) is 61.5 Å². The second-order valence-corrected chi connectivity index (χ2v) is 6.23. The summed E-state index contributed by atoms with van der Waals surface area (Å²) in [6.45, 7) is 4.72. The molecule has 1 aromatic carbocycles. The fraction of sp³-hybridized carbons (Fsp3) is 0.625. The Hall–Kier alpha value is -0.490. The highest BCUT2D eigenvalue weighted by Gasteiger charge is 2.23. The van der Waals surface area contributed by atoms with Crippen molar-refractivity contribution in [3.63, 3.8) is 0 Å². The van der Waals surface area contributed by atoms with Crippen molar-refractivity contribution in [2.24, 2.45) is 17.8 Å². The predicted molar refractivity (Wildman–Crippen MR) is 75.4 cm³/mol. The normalized spacial score (nSPS) is 25.2. The van der Waals surface area contributed by atoms with Crippen LogP contribution in [0.15, 0.2) is 24.3 Å². The topological polar surface area (TPSA) is 0 Å². The Labute approximate surface area is 110 Å². The fourth-order valence-corrected chi connectivity index (χ4v) is 3.25. The van der Waals surface area contributed by atoms with Gasteiger partial charge in [-0.25, -0.2) is 0 Å². The highest BCUT2D eigenvalue weighted by atomic mass is 35.5. The summed E-state index contributed by atoms with van der Waals surface area (Å²) in [5.41, 5.74) is 1.34. The highest BCUT2D eigenvalue weighted by Crippen LogP contribution is 2.35. The SMILES string of the molecule is CC(C)C1CCC(Cc2ccccc2Cl)CC1.